The summed E-state index contributed by atoms with van der Waals surface area (Å²) in [5.41, 5.74) is 6.37. The lowest BCUT2D eigenvalue weighted by molar-refractivity contribution is -0.139. The molecule has 0 saturated heterocycles. The van der Waals surface area contributed by atoms with Gasteiger partial charge in [-0.2, -0.15) is 13.2 Å². The molecule has 0 bridgehead atoms. The van der Waals surface area contributed by atoms with Gasteiger partial charge in [-0.05, 0) is 17.4 Å². The highest BCUT2D eigenvalue weighted by atomic mass is 19.4. The quantitative estimate of drug-likeness (QED) is 0.518. The molecule has 0 fully saturated rings. The number of carbonyl (C=O) groups is 1. The molecule has 0 spiro atoms. The van der Waals surface area contributed by atoms with Crippen LogP contribution in [-0.2, 0) is 11.2 Å². The van der Waals surface area contributed by atoms with Crippen molar-refractivity contribution in [2.24, 2.45) is 5.73 Å². The van der Waals surface area contributed by atoms with Crippen LogP contribution < -0.4 is 16.5 Å². The molecule has 0 aromatic heterocycles. The molecular formula is C11H14BF3N2O3. The normalized spacial score (nSPS) is 12.9. The van der Waals surface area contributed by atoms with E-state index in [0.29, 0.717) is 5.56 Å². The van der Waals surface area contributed by atoms with Crippen LogP contribution in [0.1, 0.15) is 5.56 Å². The topological polar surface area (TPSA) is 95.6 Å². The van der Waals surface area contributed by atoms with E-state index in [1.165, 1.54) is 24.3 Å². The highest BCUT2D eigenvalue weighted by molar-refractivity contribution is 6.58. The average Bonchev–Trinajstić information content (AvgIpc) is 2.35. The molecule has 1 aromatic carbocycles. The van der Waals surface area contributed by atoms with Crippen molar-refractivity contribution in [3.63, 3.8) is 0 Å². The smallest absolute Gasteiger partial charge is 0.423 e. The Morgan fingerprint density at radius 2 is 1.85 bits per heavy atom. The molecule has 20 heavy (non-hydrogen) atoms. The summed E-state index contributed by atoms with van der Waals surface area (Å²) < 4.78 is 35.8. The van der Waals surface area contributed by atoms with Crippen molar-refractivity contribution in [2.75, 3.05) is 6.54 Å². The Morgan fingerprint density at radius 1 is 1.30 bits per heavy atom. The standard InChI is InChI=1S/C11H14BF3N2O3/c13-11(14,15)6-17-10(18)9(16)5-7-1-3-8(4-2-7)12(19)20/h1-4,9,19-20H,5-6,16H2,(H,17,18)/t9-/m0/s1. The van der Waals surface area contributed by atoms with Crippen molar-refractivity contribution in [3.05, 3.63) is 29.8 Å². The van der Waals surface area contributed by atoms with Crippen LogP contribution in [0.5, 0.6) is 0 Å². The minimum atomic E-state index is -4.48. The molecule has 1 aromatic rings. The lowest BCUT2D eigenvalue weighted by Crippen LogP contribution is -2.45. The summed E-state index contributed by atoms with van der Waals surface area (Å²) in [7, 11) is -1.60. The van der Waals surface area contributed by atoms with Crippen molar-refractivity contribution >= 4 is 18.5 Å². The molecule has 110 valence electrons. The number of rotatable bonds is 5. The summed E-state index contributed by atoms with van der Waals surface area (Å²) >= 11 is 0. The lowest BCUT2D eigenvalue weighted by atomic mass is 9.80. The predicted molar refractivity (Wildman–Crippen MR) is 67.0 cm³/mol. The van der Waals surface area contributed by atoms with Crippen LogP contribution in [0.25, 0.3) is 0 Å². The van der Waals surface area contributed by atoms with Crippen molar-refractivity contribution in [2.45, 2.75) is 18.6 Å². The van der Waals surface area contributed by atoms with Gasteiger partial charge in [0.05, 0.1) is 6.04 Å². The van der Waals surface area contributed by atoms with Crippen LogP contribution >= 0.6 is 0 Å². The van der Waals surface area contributed by atoms with E-state index in [1.807, 2.05) is 0 Å². The molecule has 9 heteroatoms. The minimum absolute atomic E-state index is 0.0471. The number of halogens is 3. The number of alkyl halides is 3. The lowest BCUT2D eigenvalue weighted by Gasteiger charge is -2.14. The van der Waals surface area contributed by atoms with Crippen LogP contribution in [0.15, 0.2) is 24.3 Å². The second-order valence-corrected chi connectivity index (χ2v) is 4.26. The summed E-state index contributed by atoms with van der Waals surface area (Å²) in [6, 6.07) is 4.79. The Morgan fingerprint density at radius 3 is 2.30 bits per heavy atom. The second-order valence-electron chi connectivity index (χ2n) is 4.26. The van der Waals surface area contributed by atoms with Crippen LogP contribution in [0.3, 0.4) is 0 Å². The summed E-state index contributed by atoms with van der Waals surface area (Å²) in [4.78, 5) is 11.4. The zero-order valence-electron chi connectivity index (χ0n) is 10.4. The number of benzene rings is 1. The van der Waals surface area contributed by atoms with Crippen molar-refractivity contribution < 1.29 is 28.0 Å². The molecular weight excluding hydrogens is 276 g/mol. The van der Waals surface area contributed by atoms with Gasteiger partial charge in [-0.3, -0.25) is 4.79 Å². The first-order chi connectivity index (χ1) is 9.19. The molecule has 0 radical (unpaired) electrons. The number of hydrogen-bond donors (Lipinski definition) is 4. The van der Waals surface area contributed by atoms with Gasteiger partial charge in [0.15, 0.2) is 0 Å². The predicted octanol–water partition coefficient (Wildman–Crippen LogP) is -1.09. The van der Waals surface area contributed by atoms with E-state index in [1.54, 1.807) is 5.32 Å². The Balaban J connectivity index is 2.53. The van der Waals surface area contributed by atoms with E-state index in [9.17, 15) is 18.0 Å². The molecule has 5 nitrogen and oxygen atoms in total. The number of amides is 1. The maximum absolute atomic E-state index is 11.9. The number of hydrogen-bond acceptors (Lipinski definition) is 4. The van der Waals surface area contributed by atoms with Crippen LogP contribution in [0.4, 0.5) is 13.2 Å². The Hall–Kier alpha value is -1.58. The van der Waals surface area contributed by atoms with Gasteiger partial charge in [-0.1, -0.05) is 24.3 Å². The molecule has 0 saturated carbocycles. The molecule has 0 aliphatic carbocycles. The van der Waals surface area contributed by atoms with Crippen molar-refractivity contribution in [1.82, 2.24) is 5.32 Å². The van der Waals surface area contributed by atoms with E-state index in [-0.39, 0.29) is 11.9 Å². The Bertz CT molecular complexity index is 451. The summed E-state index contributed by atoms with van der Waals surface area (Å²) in [5, 5.41) is 19.5. The Labute approximate surface area is 113 Å². The van der Waals surface area contributed by atoms with Gasteiger partial charge in [-0.25, -0.2) is 0 Å². The highest BCUT2D eigenvalue weighted by Crippen LogP contribution is 2.12. The average molecular weight is 290 g/mol. The van der Waals surface area contributed by atoms with Gasteiger partial charge in [0.2, 0.25) is 5.91 Å². The van der Waals surface area contributed by atoms with Gasteiger partial charge in [0.25, 0.3) is 0 Å². The molecule has 0 unspecified atom stereocenters. The first-order valence-electron chi connectivity index (χ1n) is 5.74. The first-order valence-corrected chi connectivity index (χ1v) is 5.74. The minimum Gasteiger partial charge on any atom is -0.423 e. The van der Waals surface area contributed by atoms with E-state index in [2.05, 4.69) is 0 Å². The van der Waals surface area contributed by atoms with E-state index < -0.39 is 31.8 Å². The fourth-order valence-electron chi connectivity index (χ4n) is 1.49. The zero-order chi connectivity index (χ0) is 15.3. The van der Waals surface area contributed by atoms with Gasteiger partial charge < -0.3 is 21.1 Å². The van der Waals surface area contributed by atoms with E-state index >= 15 is 0 Å². The van der Waals surface area contributed by atoms with Gasteiger partial charge in [0, 0.05) is 0 Å². The third-order valence-electron chi connectivity index (χ3n) is 2.53. The number of nitrogens with one attached hydrogen (secondary N) is 1. The van der Waals surface area contributed by atoms with E-state index in [0.717, 1.165) is 0 Å². The molecule has 5 N–H and O–H groups in total. The van der Waals surface area contributed by atoms with Gasteiger partial charge in [0.1, 0.15) is 6.54 Å². The fourth-order valence-corrected chi connectivity index (χ4v) is 1.49. The summed E-state index contributed by atoms with van der Waals surface area (Å²) in [6.07, 6.45) is -4.43. The van der Waals surface area contributed by atoms with Crippen molar-refractivity contribution in [3.8, 4) is 0 Å². The molecule has 0 aliphatic rings. The summed E-state index contributed by atoms with van der Waals surface area (Å²) in [6.45, 7) is -1.42. The largest absolute Gasteiger partial charge is 0.488 e. The third kappa shape index (κ3) is 5.60. The maximum Gasteiger partial charge on any atom is 0.488 e. The van der Waals surface area contributed by atoms with Crippen LogP contribution in [0, 0.1) is 0 Å². The molecule has 1 amide bonds. The zero-order valence-corrected chi connectivity index (χ0v) is 10.4. The molecule has 1 rings (SSSR count). The molecule has 0 aliphatic heterocycles. The monoisotopic (exact) mass is 290 g/mol. The fraction of sp³-hybridized carbons (Fsp3) is 0.364. The molecule has 0 heterocycles. The van der Waals surface area contributed by atoms with Crippen LogP contribution in [0.2, 0.25) is 0 Å². The number of carbonyl (C=O) groups excluding carboxylic acids is 1. The summed E-state index contributed by atoms with van der Waals surface area (Å²) in [5.74, 6) is -0.895. The highest BCUT2D eigenvalue weighted by Gasteiger charge is 2.28. The van der Waals surface area contributed by atoms with Gasteiger partial charge in [-0.15, -0.1) is 0 Å². The third-order valence-corrected chi connectivity index (χ3v) is 2.53. The number of nitrogens with two attached hydrogens (primary N) is 1. The maximum atomic E-state index is 11.9. The van der Waals surface area contributed by atoms with Gasteiger partial charge >= 0.3 is 13.3 Å². The SMILES string of the molecule is N[C@@H](Cc1ccc(B(O)O)cc1)C(=O)NCC(F)(F)F. The van der Waals surface area contributed by atoms with Crippen LogP contribution in [-0.4, -0.2) is 41.8 Å². The Kier molecular flexibility index (Phi) is 5.55. The molecule has 1 atom stereocenters. The second kappa shape index (κ2) is 6.73. The first kappa shape index (κ1) is 16.5. The van der Waals surface area contributed by atoms with Crippen molar-refractivity contribution in [1.29, 1.82) is 0 Å². The van der Waals surface area contributed by atoms with E-state index in [4.69, 9.17) is 15.8 Å².